The Morgan fingerprint density at radius 2 is 2.25 bits per heavy atom. The summed E-state index contributed by atoms with van der Waals surface area (Å²) in [7, 11) is 1.83. The molecule has 0 aliphatic rings. The van der Waals surface area contributed by atoms with Gasteiger partial charge in [-0.15, -0.1) is 0 Å². The molecule has 0 atom stereocenters. The number of benzene rings is 1. The number of hydrogen-bond acceptors (Lipinski definition) is 5. The van der Waals surface area contributed by atoms with Gasteiger partial charge in [-0.2, -0.15) is 0 Å². The quantitative estimate of drug-likeness (QED) is 0.473. The lowest BCUT2D eigenvalue weighted by Gasteiger charge is -2.09. The van der Waals surface area contributed by atoms with Gasteiger partial charge in [0.2, 0.25) is 0 Å². The van der Waals surface area contributed by atoms with E-state index in [1.807, 2.05) is 7.05 Å². The highest BCUT2D eigenvalue weighted by atomic mass is 16.6. The molecule has 0 saturated heterocycles. The lowest BCUT2D eigenvalue weighted by molar-refractivity contribution is -0.384. The van der Waals surface area contributed by atoms with E-state index in [1.54, 1.807) is 17.0 Å². The first-order valence-electron chi connectivity index (χ1n) is 5.87. The number of nitro groups is 1. The molecule has 0 amide bonds. The second-order valence-electron chi connectivity index (χ2n) is 4.24. The fourth-order valence-electron chi connectivity index (χ4n) is 1.71. The monoisotopic (exact) mass is 275 g/mol. The molecule has 104 valence electrons. The first-order chi connectivity index (χ1) is 9.49. The third-order valence-electron chi connectivity index (χ3n) is 2.83. The number of carbonyl (C=O) groups is 1. The summed E-state index contributed by atoms with van der Waals surface area (Å²) in [6.45, 7) is 1.52. The van der Waals surface area contributed by atoms with Crippen molar-refractivity contribution >= 4 is 11.5 Å². The minimum atomic E-state index is -0.547. The first-order valence-corrected chi connectivity index (χ1v) is 5.87. The van der Waals surface area contributed by atoms with Crippen molar-refractivity contribution in [1.82, 2.24) is 9.55 Å². The largest absolute Gasteiger partial charge is 0.485 e. The molecule has 1 heterocycles. The van der Waals surface area contributed by atoms with Gasteiger partial charge in [0.1, 0.15) is 18.2 Å². The maximum Gasteiger partial charge on any atom is 0.270 e. The summed E-state index contributed by atoms with van der Waals surface area (Å²) < 4.78 is 7.32. The molecular formula is C13H13N3O4. The number of carbonyl (C=O) groups excluding carboxylic acids is 1. The smallest absolute Gasteiger partial charge is 0.270 e. The third kappa shape index (κ3) is 2.82. The standard InChI is InChI=1S/C13H13N3O4/c1-9(17)11-7-10(16(18)19)3-4-12(11)20-8-13-14-5-6-15(13)2/h3-7H,8H2,1-2H3. The van der Waals surface area contributed by atoms with Crippen molar-refractivity contribution in [2.45, 2.75) is 13.5 Å². The number of non-ortho nitro benzene ring substituents is 1. The van der Waals surface area contributed by atoms with E-state index < -0.39 is 4.92 Å². The highest BCUT2D eigenvalue weighted by Gasteiger charge is 2.15. The molecule has 7 nitrogen and oxygen atoms in total. The molecule has 0 spiro atoms. The van der Waals surface area contributed by atoms with Crippen LogP contribution >= 0.6 is 0 Å². The number of ketones is 1. The van der Waals surface area contributed by atoms with Crippen LogP contribution in [0.1, 0.15) is 23.1 Å². The van der Waals surface area contributed by atoms with E-state index in [0.29, 0.717) is 11.6 Å². The lowest BCUT2D eigenvalue weighted by Crippen LogP contribution is -2.06. The molecule has 0 radical (unpaired) electrons. The minimum absolute atomic E-state index is 0.139. The van der Waals surface area contributed by atoms with Crippen molar-refractivity contribution in [2.24, 2.45) is 7.05 Å². The van der Waals surface area contributed by atoms with E-state index in [4.69, 9.17) is 4.74 Å². The van der Waals surface area contributed by atoms with E-state index in [-0.39, 0.29) is 23.6 Å². The Bertz CT molecular complexity index is 663. The second kappa shape index (κ2) is 5.52. The number of hydrogen-bond donors (Lipinski definition) is 0. The summed E-state index contributed by atoms with van der Waals surface area (Å²) in [5, 5.41) is 10.7. The molecule has 0 bridgehead atoms. The van der Waals surface area contributed by atoms with E-state index in [9.17, 15) is 14.9 Å². The fourth-order valence-corrected chi connectivity index (χ4v) is 1.71. The van der Waals surface area contributed by atoms with Gasteiger partial charge in [-0.3, -0.25) is 14.9 Å². The Labute approximate surface area is 115 Å². The highest BCUT2D eigenvalue weighted by molar-refractivity contribution is 5.97. The minimum Gasteiger partial charge on any atom is -0.485 e. The summed E-state index contributed by atoms with van der Waals surface area (Å²) in [5.74, 6) is 0.715. The van der Waals surface area contributed by atoms with Crippen molar-refractivity contribution < 1.29 is 14.5 Å². The van der Waals surface area contributed by atoms with Gasteiger partial charge in [-0.25, -0.2) is 4.98 Å². The van der Waals surface area contributed by atoms with Gasteiger partial charge in [-0.05, 0) is 13.0 Å². The maximum atomic E-state index is 11.5. The molecule has 0 fully saturated rings. The van der Waals surface area contributed by atoms with Crippen molar-refractivity contribution in [3.05, 3.63) is 52.1 Å². The van der Waals surface area contributed by atoms with Crippen molar-refractivity contribution in [2.75, 3.05) is 0 Å². The van der Waals surface area contributed by atoms with Crippen LogP contribution in [0.3, 0.4) is 0 Å². The van der Waals surface area contributed by atoms with E-state index in [2.05, 4.69) is 4.98 Å². The molecule has 20 heavy (non-hydrogen) atoms. The molecule has 0 unspecified atom stereocenters. The van der Waals surface area contributed by atoms with Crippen LogP contribution in [0.25, 0.3) is 0 Å². The number of imidazole rings is 1. The van der Waals surface area contributed by atoms with Gasteiger partial charge >= 0.3 is 0 Å². The summed E-state index contributed by atoms with van der Waals surface area (Å²) >= 11 is 0. The van der Waals surface area contributed by atoms with Gasteiger partial charge in [0.15, 0.2) is 5.78 Å². The van der Waals surface area contributed by atoms with Crippen molar-refractivity contribution in [3.63, 3.8) is 0 Å². The Hall–Kier alpha value is -2.70. The molecule has 0 aliphatic heterocycles. The summed E-state index contributed by atoms with van der Waals surface area (Å²) in [5.41, 5.74) is 0.0490. The molecule has 0 aliphatic carbocycles. The van der Waals surface area contributed by atoms with Gasteiger partial charge in [0.05, 0.1) is 10.5 Å². The van der Waals surface area contributed by atoms with Crippen LogP contribution < -0.4 is 4.74 Å². The van der Waals surface area contributed by atoms with Crippen LogP contribution in [0, 0.1) is 10.1 Å². The molecule has 7 heteroatoms. The Kier molecular flexibility index (Phi) is 3.79. The number of nitro benzene ring substituents is 1. The third-order valence-corrected chi connectivity index (χ3v) is 2.83. The van der Waals surface area contributed by atoms with Crippen molar-refractivity contribution in [3.8, 4) is 5.75 Å². The molecule has 0 saturated carbocycles. The summed E-state index contributed by atoms with van der Waals surface area (Å²) in [4.78, 5) is 25.8. The number of aryl methyl sites for hydroxylation is 1. The number of Topliss-reactive ketones (excluding diaryl/α,β-unsaturated/α-hetero) is 1. The predicted octanol–water partition coefficient (Wildman–Crippen LogP) is 2.11. The molecule has 0 N–H and O–H groups in total. The second-order valence-corrected chi connectivity index (χ2v) is 4.24. The van der Waals surface area contributed by atoms with Gasteiger partial charge in [0.25, 0.3) is 5.69 Å². The van der Waals surface area contributed by atoms with Gasteiger partial charge in [-0.1, -0.05) is 0 Å². The molecule has 2 aromatic rings. The number of aromatic nitrogens is 2. The number of ether oxygens (including phenoxy) is 1. The molecule has 1 aromatic heterocycles. The average Bonchev–Trinajstić information content (AvgIpc) is 2.81. The Morgan fingerprint density at radius 1 is 1.50 bits per heavy atom. The van der Waals surface area contributed by atoms with Crippen LogP contribution in [0.15, 0.2) is 30.6 Å². The summed E-state index contributed by atoms with van der Waals surface area (Å²) in [6.07, 6.45) is 3.42. The van der Waals surface area contributed by atoms with Crippen LogP contribution in [-0.2, 0) is 13.7 Å². The predicted molar refractivity (Wildman–Crippen MR) is 70.6 cm³/mol. The average molecular weight is 275 g/mol. The van der Waals surface area contributed by atoms with E-state index in [0.717, 1.165) is 0 Å². The molecule has 1 aromatic carbocycles. The van der Waals surface area contributed by atoms with Crippen LogP contribution in [0.4, 0.5) is 5.69 Å². The number of nitrogens with zero attached hydrogens (tertiary/aromatic N) is 3. The molecular weight excluding hydrogens is 262 g/mol. The topological polar surface area (TPSA) is 87.3 Å². The van der Waals surface area contributed by atoms with Gasteiger partial charge < -0.3 is 9.30 Å². The van der Waals surface area contributed by atoms with Crippen molar-refractivity contribution in [1.29, 1.82) is 0 Å². The first kappa shape index (κ1) is 13.7. The SMILES string of the molecule is CC(=O)c1cc([N+](=O)[O-])ccc1OCc1nccn1C. The van der Waals surface area contributed by atoms with Crippen LogP contribution in [0.5, 0.6) is 5.75 Å². The fraction of sp³-hybridized carbons (Fsp3) is 0.231. The lowest BCUT2D eigenvalue weighted by atomic mass is 10.1. The van der Waals surface area contributed by atoms with Crippen LogP contribution in [0.2, 0.25) is 0 Å². The maximum absolute atomic E-state index is 11.5. The zero-order chi connectivity index (χ0) is 14.7. The van der Waals surface area contributed by atoms with Crippen LogP contribution in [-0.4, -0.2) is 20.3 Å². The van der Waals surface area contributed by atoms with E-state index in [1.165, 1.54) is 25.1 Å². The number of rotatable bonds is 5. The molecule has 2 rings (SSSR count). The highest BCUT2D eigenvalue weighted by Crippen LogP contribution is 2.25. The zero-order valence-corrected chi connectivity index (χ0v) is 11.1. The van der Waals surface area contributed by atoms with E-state index >= 15 is 0 Å². The normalized spacial score (nSPS) is 10.3. The summed E-state index contributed by atoms with van der Waals surface area (Å²) in [6, 6.07) is 3.95. The Balaban J connectivity index is 2.25. The zero-order valence-electron chi connectivity index (χ0n) is 11.1. The Morgan fingerprint density at radius 3 is 2.80 bits per heavy atom. The van der Waals surface area contributed by atoms with Gasteiger partial charge in [0, 0.05) is 31.6 Å².